The molecule has 1 aromatic heterocycles. The third-order valence-corrected chi connectivity index (χ3v) is 3.52. The van der Waals surface area contributed by atoms with Crippen molar-refractivity contribution in [2.45, 2.75) is 52.1 Å². The van der Waals surface area contributed by atoms with Crippen LogP contribution in [0.3, 0.4) is 0 Å². The van der Waals surface area contributed by atoms with Gasteiger partial charge in [-0.15, -0.1) is 0 Å². The zero-order chi connectivity index (χ0) is 11.4. The van der Waals surface area contributed by atoms with E-state index in [4.69, 9.17) is 0 Å². The van der Waals surface area contributed by atoms with Crippen molar-refractivity contribution in [2.24, 2.45) is 5.92 Å². The van der Waals surface area contributed by atoms with Crippen LogP contribution in [-0.2, 0) is 6.54 Å². The Bertz CT molecular complexity index is 311. The number of imidazole rings is 1. The summed E-state index contributed by atoms with van der Waals surface area (Å²) >= 11 is 0. The van der Waals surface area contributed by atoms with Gasteiger partial charge >= 0.3 is 0 Å². The maximum Gasteiger partial charge on any atom is 0.0951 e. The number of hydrogen-bond acceptors (Lipinski definition) is 2. The lowest BCUT2D eigenvalue weighted by Gasteiger charge is -2.14. The fourth-order valence-corrected chi connectivity index (χ4v) is 2.55. The van der Waals surface area contributed by atoms with Crippen molar-refractivity contribution in [1.82, 2.24) is 14.9 Å². The Hall–Kier alpha value is -0.830. The molecule has 1 aromatic rings. The third kappa shape index (κ3) is 2.85. The third-order valence-electron chi connectivity index (χ3n) is 3.52. The minimum absolute atomic E-state index is 0.505. The summed E-state index contributed by atoms with van der Waals surface area (Å²) in [5, 5.41) is 3.56. The van der Waals surface area contributed by atoms with Crippen molar-refractivity contribution in [3.63, 3.8) is 0 Å². The Morgan fingerprint density at radius 1 is 1.44 bits per heavy atom. The van der Waals surface area contributed by atoms with Crippen LogP contribution in [-0.4, -0.2) is 16.1 Å². The number of nitrogens with one attached hydrogen (secondary N) is 1. The lowest BCUT2D eigenvalue weighted by molar-refractivity contribution is 0.475. The minimum Gasteiger partial charge on any atom is -0.331 e. The molecule has 0 radical (unpaired) electrons. The van der Waals surface area contributed by atoms with E-state index in [9.17, 15) is 0 Å². The SMILES string of the molecule is CC(C)n1cncc1CNCC1CCCC1. The van der Waals surface area contributed by atoms with Crippen molar-refractivity contribution >= 4 is 0 Å². The van der Waals surface area contributed by atoms with Crippen LogP contribution < -0.4 is 5.32 Å². The second-order valence-corrected chi connectivity index (χ2v) is 5.17. The second kappa shape index (κ2) is 5.48. The van der Waals surface area contributed by atoms with Gasteiger partial charge in [0.25, 0.3) is 0 Å². The summed E-state index contributed by atoms with van der Waals surface area (Å²) < 4.78 is 2.24. The fraction of sp³-hybridized carbons (Fsp3) is 0.769. The van der Waals surface area contributed by atoms with Gasteiger partial charge in [0.05, 0.1) is 12.0 Å². The predicted octanol–water partition coefficient (Wildman–Crippen LogP) is 2.74. The van der Waals surface area contributed by atoms with Gasteiger partial charge in [0.15, 0.2) is 0 Å². The molecule has 0 aromatic carbocycles. The number of rotatable bonds is 5. The van der Waals surface area contributed by atoms with E-state index in [2.05, 4.69) is 28.7 Å². The molecule has 0 spiro atoms. The number of hydrogen-bond donors (Lipinski definition) is 1. The second-order valence-electron chi connectivity index (χ2n) is 5.17. The summed E-state index contributed by atoms with van der Waals surface area (Å²) in [6, 6.07) is 0.505. The first-order valence-corrected chi connectivity index (χ1v) is 6.49. The van der Waals surface area contributed by atoms with Crippen molar-refractivity contribution < 1.29 is 0 Å². The van der Waals surface area contributed by atoms with Gasteiger partial charge < -0.3 is 9.88 Å². The standard InChI is InChI=1S/C13H23N3/c1-11(2)16-10-15-9-13(16)8-14-7-12-5-3-4-6-12/h9-12,14H,3-8H2,1-2H3. The average Bonchev–Trinajstić information content (AvgIpc) is 2.87. The van der Waals surface area contributed by atoms with Gasteiger partial charge in [-0.3, -0.25) is 0 Å². The van der Waals surface area contributed by atoms with Crippen LogP contribution in [0.2, 0.25) is 0 Å². The molecule has 0 unspecified atom stereocenters. The molecular weight excluding hydrogens is 198 g/mol. The first kappa shape index (κ1) is 11.6. The van der Waals surface area contributed by atoms with Crippen LogP contribution in [0.4, 0.5) is 0 Å². The van der Waals surface area contributed by atoms with E-state index >= 15 is 0 Å². The molecule has 2 rings (SSSR count). The number of nitrogens with zero attached hydrogens (tertiary/aromatic N) is 2. The van der Waals surface area contributed by atoms with E-state index in [1.54, 1.807) is 0 Å². The highest BCUT2D eigenvalue weighted by Gasteiger charge is 2.14. The summed E-state index contributed by atoms with van der Waals surface area (Å²) in [6.07, 6.45) is 9.58. The van der Waals surface area contributed by atoms with Gasteiger partial charge in [-0.05, 0) is 39.2 Å². The van der Waals surface area contributed by atoms with Gasteiger partial charge in [0, 0.05) is 18.8 Å². The maximum absolute atomic E-state index is 4.22. The molecule has 1 aliphatic carbocycles. The van der Waals surface area contributed by atoms with E-state index in [0.29, 0.717) is 6.04 Å². The first-order chi connectivity index (χ1) is 7.77. The molecule has 1 aliphatic rings. The molecule has 0 amide bonds. The quantitative estimate of drug-likeness (QED) is 0.828. The molecule has 3 heteroatoms. The largest absolute Gasteiger partial charge is 0.331 e. The molecule has 1 saturated carbocycles. The normalized spacial score (nSPS) is 17.4. The molecule has 0 bridgehead atoms. The van der Waals surface area contributed by atoms with E-state index < -0.39 is 0 Å². The molecule has 3 nitrogen and oxygen atoms in total. The highest BCUT2D eigenvalue weighted by atomic mass is 15.1. The van der Waals surface area contributed by atoms with E-state index in [1.165, 1.54) is 37.9 Å². The van der Waals surface area contributed by atoms with Gasteiger partial charge in [0.2, 0.25) is 0 Å². The molecule has 0 atom stereocenters. The van der Waals surface area contributed by atoms with E-state index in [1.807, 2.05) is 12.5 Å². The molecule has 90 valence electrons. The zero-order valence-electron chi connectivity index (χ0n) is 10.4. The predicted molar refractivity (Wildman–Crippen MR) is 66.3 cm³/mol. The van der Waals surface area contributed by atoms with Crippen LogP contribution in [0.5, 0.6) is 0 Å². The topological polar surface area (TPSA) is 29.9 Å². The molecule has 0 aliphatic heterocycles. The Kier molecular flexibility index (Phi) is 3.99. The summed E-state index contributed by atoms with van der Waals surface area (Å²) in [6.45, 7) is 6.52. The van der Waals surface area contributed by atoms with Gasteiger partial charge in [-0.2, -0.15) is 0 Å². The van der Waals surface area contributed by atoms with Gasteiger partial charge in [0.1, 0.15) is 0 Å². The summed E-state index contributed by atoms with van der Waals surface area (Å²) in [5.74, 6) is 0.912. The zero-order valence-corrected chi connectivity index (χ0v) is 10.4. The van der Waals surface area contributed by atoms with Crippen LogP contribution in [0, 0.1) is 5.92 Å². The van der Waals surface area contributed by atoms with Crippen LogP contribution in [0.1, 0.15) is 51.3 Å². The average molecular weight is 221 g/mol. The maximum atomic E-state index is 4.22. The Morgan fingerprint density at radius 2 is 2.19 bits per heavy atom. The number of aromatic nitrogens is 2. The van der Waals surface area contributed by atoms with Gasteiger partial charge in [-0.25, -0.2) is 4.98 Å². The van der Waals surface area contributed by atoms with Crippen molar-refractivity contribution in [2.75, 3.05) is 6.54 Å². The van der Waals surface area contributed by atoms with Crippen LogP contribution in [0.15, 0.2) is 12.5 Å². The Labute approximate surface area is 98.3 Å². The summed E-state index contributed by atoms with van der Waals surface area (Å²) in [5.41, 5.74) is 1.30. The molecular formula is C13H23N3. The molecule has 0 saturated heterocycles. The summed E-state index contributed by atoms with van der Waals surface area (Å²) in [7, 11) is 0. The van der Waals surface area contributed by atoms with Crippen molar-refractivity contribution in [3.8, 4) is 0 Å². The lowest BCUT2D eigenvalue weighted by atomic mass is 10.1. The van der Waals surface area contributed by atoms with Crippen LogP contribution >= 0.6 is 0 Å². The summed E-state index contributed by atoms with van der Waals surface area (Å²) in [4.78, 5) is 4.22. The van der Waals surface area contributed by atoms with Crippen molar-refractivity contribution in [1.29, 1.82) is 0 Å². The molecule has 1 heterocycles. The Balaban J connectivity index is 1.78. The minimum atomic E-state index is 0.505. The molecule has 1 N–H and O–H groups in total. The fourth-order valence-electron chi connectivity index (χ4n) is 2.55. The van der Waals surface area contributed by atoms with Crippen molar-refractivity contribution in [3.05, 3.63) is 18.2 Å². The first-order valence-electron chi connectivity index (χ1n) is 6.49. The monoisotopic (exact) mass is 221 g/mol. The Morgan fingerprint density at radius 3 is 2.88 bits per heavy atom. The van der Waals surface area contributed by atoms with Gasteiger partial charge in [-0.1, -0.05) is 12.8 Å². The van der Waals surface area contributed by atoms with Crippen LogP contribution in [0.25, 0.3) is 0 Å². The van der Waals surface area contributed by atoms with E-state index in [0.717, 1.165) is 12.5 Å². The molecule has 1 fully saturated rings. The lowest BCUT2D eigenvalue weighted by Crippen LogP contribution is -2.22. The highest BCUT2D eigenvalue weighted by molar-refractivity contribution is 4.99. The smallest absolute Gasteiger partial charge is 0.0951 e. The van der Waals surface area contributed by atoms with E-state index in [-0.39, 0.29) is 0 Å². The highest BCUT2D eigenvalue weighted by Crippen LogP contribution is 2.23. The molecule has 16 heavy (non-hydrogen) atoms.